The van der Waals surface area contributed by atoms with Crippen LogP contribution in [0.25, 0.3) is 0 Å². The van der Waals surface area contributed by atoms with Crippen LogP contribution in [-0.2, 0) is 19.0 Å². The standard InChI is InChI=1S/C16H23NO4.C13H18O6S/c1-13(18)14-4-5-15(16(12-14)19-2)21-9-3-6-17-7-10-20-11-8-17;1-10(14)11-5-6-12(13(9-11)17-2)18-7-4-8-19-20(3,15)16/h4-5,12H,3,6-11H2,1-2H3;5-6,9H,4,7-8H2,1-3H3. The molecule has 0 bridgehead atoms. The van der Waals surface area contributed by atoms with Crippen molar-refractivity contribution in [3.63, 3.8) is 0 Å². The number of ether oxygens (including phenoxy) is 5. The molecule has 1 aliphatic heterocycles. The molecule has 1 aliphatic rings. The third-order valence-electron chi connectivity index (χ3n) is 5.96. The number of benzene rings is 2. The number of rotatable bonds is 15. The molecule has 0 radical (unpaired) electrons. The Balaban J connectivity index is 0.000000287. The Labute approximate surface area is 242 Å². The van der Waals surface area contributed by atoms with Gasteiger partial charge in [-0.2, -0.15) is 8.42 Å². The number of methoxy groups -OCH3 is 2. The molecule has 228 valence electrons. The maximum atomic E-state index is 11.3. The number of Topliss-reactive ketones (excluding diaryl/α,β-unsaturated/α-hetero) is 2. The van der Waals surface area contributed by atoms with E-state index in [0.717, 1.165) is 45.5 Å². The zero-order valence-electron chi connectivity index (χ0n) is 24.5. The van der Waals surface area contributed by atoms with Crippen LogP contribution in [0.1, 0.15) is 47.4 Å². The Morgan fingerprint density at radius 3 is 1.71 bits per heavy atom. The van der Waals surface area contributed by atoms with Crippen LogP contribution in [-0.4, -0.2) is 98.0 Å². The van der Waals surface area contributed by atoms with E-state index in [0.29, 0.717) is 47.2 Å². The van der Waals surface area contributed by atoms with Gasteiger partial charge in [-0.15, -0.1) is 0 Å². The van der Waals surface area contributed by atoms with Crippen molar-refractivity contribution in [2.75, 3.05) is 73.1 Å². The van der Waals surface area contributed by atoms with Crippen LogP contribution in [0.4, 0.5) is 0 Å². The molecule has 1 fully saturated rings. The molecule has 3 rings (SSSR count). The summed E-state index contributed by atoms with van der Waals surface area (Å²) >= 11 is 0. The predicted octanol–water partition coefficient (Wildman–Crippen LogP) is 3.64. The van der Waals surface area contributed by atoms with Gasteiger partial charge in [0.1, 0.15) is 0 Å². The van der Waals surface area contributed by atoms with E-state index in [4.69, 9.17) is 23.7 Å². The van der Waals surface area contributed by atoms with Crippen molar-refractivity contribution in [2.45, 2.75) is 26.7 Å². The summed E-state index contributed by atoms with van der Waals surface area (Å²) in [5, 5.41) is 0. The minimum absolute atomic E-state index is 0.0205. The first-order valence-electron chi connectivity index (χ1n) is 13.3. The Bertz CT molecular complexity index is 1230. The molecule has 0 aliphatic carbocycles. The SMILES string of the molecule is COc1cc(C(C)=O)ccc1OCCCN1CCOCC1.COc1cc(C(C)=O)ccc1OCCCOS(C)(=O)=O. The maximum absolute atomic E-state index is 11.3. The quantitative estimate of drug-likeness (QED) is 0.170. The molecule has 1 heterocycles. The van der Waals surface area contributed by atoms with Crippen molar-refractivity contribution >= 4 is 21.7 Å². The van der Waals surface area contributed by atoms with Gasteiger partial charge in [-0.05, 0) is 56.7 Å². The highest BCUT2D eigenvalue weighted by molar-refractivity contribution is 7.85. The lowest BCUT2D eigenvalue weighted by Crippen LogP contribution is -2.37. The summed E-state index contributed by atoms with van der Waals surface area (Å²) in [5.41, 5.74) is 1.17. The number of ketones is 2. The molecular formula is C29H41NO10S. The third kappa shape index (κ3) is 12.9. The van der Waals surface area contributed by atoms with Gasteiger partial charge >= 0.3 is 0 Å². The fraction of sp³-hybridized carbons (Fsp3) is 0.517. The Morgan fingerprint density at radius 1 is 0.780 bits per heavy atom. The number of nitrogens with zero attached hydrogens (tertiary/aromatic N) is 1. The minimum atomic E-state index is -3.41. The van der Waals surface area contributed by atoms with Crippen LogP contribution in [0.3, 0.4) is 0 Å². The summed E-state index contributed by atoms with van der Waals surface area (Å²) in [7, 11) is -0.347. The molecule has 0 unspecified atom stereocenters. The highest BCUT2D eigenvalue weighted by Crippen LogP contribution is 2.29. The van der Waals surface area contributed by atoms with Crippen molar-refractivity contribution in [3.05, 3.63) is 47.5 Å². The molecule has 2 aromatic carbocycles. The predicted molar refractivity (Wildman–Crippen MR) is 154 cm³/mol. The zero-order chi connectivity index (χ0) is 30.3. The third-order valence-corrected chi connectivity index (χ3v) is 6.56. The normalized spacial score (nSPS) is 13.5. The smallest absolute Gasteiger partial charge is 0.264 e. The van der Waals surface area contributed by atoms with Crippen molar-refractivity contribution in [3.8, 4) is 23.0 Å². The van der Waals surface area contributed by atoms with Crippen LogP contribution in [0.15, 0.2) is 36.4 Å². The summed E-state index contributed by atoms with van der Waals surface area (Å²) in [6, 6.07) is 10.2. The molecule has 0 aromatic heterocycles. The number of carbonyl (C=O) groups excluding carboxylic acids is 2. The Morgan fingerprint density at radius 2 is 1.27 bits per heavy atom. The first-order chi connectivity index (χ1) is 19.5. The van der Waals surface area contributed by atoms with E-state index in [1.165, 1.54) is 21.0 Å². The van der Waals surface area contributed by atoms with E-state index in [1.54, 1.807) is 43.5 Å². The van der Waals surface area contributed by atoms with E-state index >= 15 is 0 Å². The largest absolute Gasteiger partial charge is 0.493 e. The molecule has 12 heteroatoms. The van der Waals surface area contributed by atoms with E-state index < -0.39 is 10.1 Å². The second kappa shape index (κ2) is 17.6. The summed E-state index contributed by atoms with van der Waals surface area (Å²) in [4.78, 5) is 25.0. The highest BCUT2D eigenvalue weighted by Gasteiger charge is 2.12. The van der Waals surface area contributed by atoms with Crippen LogP contribution in [0.2, 0.25) is 0 Å². The highest BCUT2D eigenvalue weighted by atomic mass is 32.2. The molecular weight excluding hydrogens is 554 g/mol. The van der Waals surface area contributed by atoms with Gasteiger partial charge in [0.05, 0.1) is 53.5 Å². The van der Waals surface area contributed by atoms with Crippen molar-refractivity contribution in [1.29, 1.82) is 0 Å². The van der Waals surface area contributed by atoms with E-state index in [1.807, 2.05) is 0 Å². The van der Waals surface area contributed by atoms with E-state index in [9.17, 15) is 18.0 Å². The van der Waals surface area contributed by atoms with Crippen LogP contribution in [0, 0.1) is 0 Å². The molecule has 0 N–H and O–H groups in total. The van der Waals surface area contributed by atoms with Gasteiger partial charge in [-0.25, -0.2) is 0 Å². The minimum Gasteiger partial charge on any atom is -0.493 e. The molecule has 1 saturated heterocycles. The molecule has 2 aromatic rings. The van der Waals surface area contributed by atoms with Gasteiger partial charge in [0.2, 0.25) is 0 Å². The first kappa shape index (κ1) is 34.0. The van der Waals surface area contributed by atoms with Gasteiger partial charge in [0, 0.05) is 37.2 Å². The maximum Gasteiger partial charge on any atom is 0.264 e. The van der Waals surface area contributed by atoms with E-state index in [-0.39, 0.29) is 24.8 Å². The van der Waals surface area contributed by atoms with Gasteiger partial charge in [0.25, 0.3) is 10.1 Å². The average molecular weight is 596 g/mol. The lowest BCUT2D eigenvalue weighted by Gasteiger charge is -2.26. The first-order valence-corrected chi connectivity index (χ1v) is 15.1. The molecule has 0 amide bonds. The topological polar surface area (TPSA) is 127 Å². The van der Waals surface area contributed by atoms with Crippen molar-refractivity contribution in [2.24, 2.45) is 0 Å². The van der Waals surface area contributed by atoms with Crippen LogP contribution in [0.5, 0.6) is 23.0 Å². The number of hydrogen-bond acceptors (Lipinski definition) is 11. The van der Waals surface area contributed by atoms with Gasteiger partial charge in [0.15, 0.2) is 34.6 Å². The summed E-state index contributed by atoms with van der Waals surface area (Å²) < 4.78 is 53.1. The van der Waals surface area contributed by atoms with E-state index in [2.05, 4.69) is 9.08 Å². The summed E-state index contributed by atoms with van der Waals surface area (Å²) in [5.74, 6) is 2.21. The lowest BCUT2D eigenvalue weighted by molar-refractivity contribution is 0.0357. The lowest BCUT2D eigenvalue weighted by atomic mass is 10.1. The van der Waals surface area contributed by atoms with Gasteiger partial charge in [-0.1, -0.05) is 0 Å². The Kier molecular flexibility index (Phi) is 14.6. The summed E-state index contributed by atoms with van der Waals surface area (Å²) in [6.45, 7) is 8.63. The molecule has 0 atom stereocenters. The molecule has 11 nitrogen and oxygen atoms in total. The molecule has 0 saturated carbocycles. The Hall–Kier alpha value is -3.19. The molecule has 0 spiro atoms. The monoisotopic (exact) mass is 595 g/mol. The second-order valence-corrected chi connectivity index (χ2v) is 10.9. The number of carbonyl (C=O) groups is 2. The van der Waals surface area contributed by atoms with Crippen molar-refractivity contribution in [1.82, 2.24) is 4.90 Å². The summed E-state index contributed by atoms with van der Waals surface area (Å²) in [6.07, 6.45) is 2.37. The number of hydrogen-bond donors (Lipinski definition) is 0. The fourth-order valence-electron chi connectivity index (χ4n) is 3.76. The van der Waals surface area contributed by atoms with Gasteiger partial charge in [-0.3, -0.25) is 18.7 Å². The van der Waals surface area contributed by atoms with Crippen LogP contribution < -0.4 is 18.9 Å². The average Bonchev–Trinajstić information content (AvgIpc) is 2.95. The van der Waals surface area contributed by atoms with Gasteiger partial charge < -0.3 is 23.7 Å². The fourth-order valence-corrected chi connectivity index (χ4v) is 4.18. The zero-order valence-corrected chi connectivity index (χ0v) is 25.3. The number of morpholine rings is 1. The second-order valence-electron chi connectivity index (χ2n) is 9.23. The molecule has 41 heavy (non-hydrogen) atoms. The van der Waals surface area contributed by atoms with Crippen molar-refractivity contribution < 1.29 is 45.9 Å². The van der Waals surface area contributed by atoms with Crippen LogP contribution >= 0.6 is 0 Å².